The van der Waals surface area contributed by atoms with Crippen LogP contribution in [0.2, 0.25) is 0 Å². The van der Waals surface area contributed by atoms with Crippen LogP contribution in [0.4, 0.5) is 0 Å². The lowest BCUT2D eigenvalue weighted by atomic mass is 10.1. The first-order chi connectivity index (χ1) is 10.7. The van der Waals surface area contributed by atoms with Gasteiger partial charge in [0.1, 0.15) is 6.54 Å². The highest BCUT2D eigenvalue weighted by molar-refractivity contribution is 5.72. The van der Waals surface area contributed by atoms with Crippen molar-refractivity contribution in [3.8, 4) is 0 Å². The molecule has 1 atom stereocenters. The number of nitrogens with zero attached hydrogens (tertiary/aromatic N) is 1. The highest BCUT2D eigenvalue weighted by atomic mass is 16.5. The number of likely N-dealkylation sites (N-methyl/N-ethyl adjacent to an activating group) is 1. The maximum Gasteiger partial charge on any atom is 0.310 e. The summed E-state index contributed by atoms with van der Waals surface area (Å²) in [7, 11) is 5.78. The van der Waals surface area contributed by atoms with Crippen molar-refractivity contribution < 1.29 is 23.9 Å². The van der Waals surface area contributed by atoms with E-state index in [0.717, 1.165) is 12.8 Å². The van der Waals surface area contributed by atoms with Crippen molar-refractivity contribution in [2.75, 3.05) is 27.7 Å². The number of esters is 1. The van der Waals surface area contributed by atoms with E-state index in [1.165, 1.54) is 25.7 Å². The zero-order chi connectivity index (χ0) is 17.7. The lowest BCUT2D eigenvalue weighted by molar-refractivity contribution is -0.873. The van der Waals surface area contributed by atoms with E-state index in [4.69, 9.17) is 4.74 Å². The fourth-order valence-corrected chi connectivity index (χ4v) is 2.34. The molecule has 0 bridgehead atoms. The van der Waals surface area contributed by atoms with Crippen molar-refractivity contribution in [2.24, 2.45) is 0 Å². The molecule has 23 heavy (non-hydrogen) atoms. The number of carboxylic acid groups (broad SMARTS) is 1. The van der Waals surface area contributed by atoms with Crippen LogP contribution in [0.3, 0.4) is 0 Å². The average molecular weight is 327 g/mol. The number of carboxylic acids is 1. The molecule has 0 radical (unpaired) electrons. The van der Waals surface area contributed by atoms with Crippen LogP contribution >= 0.6 is 0 Å². The molecule has 0 aliphatic carbocycles. The second-order valence-electron chi connectivity index (χ2n) is 7.04. The Morgan fingerprint density at radius 2 is 1.74 bits per heavy atom. The number of aliphatic carboxylic acids is 1. The average Bonchev–Trinajstić information content (AvgIpc) is 2.39. The predicted molar refractivity (Wildman–Crippen MR) is 89.5 cm³/mol. The molecule has 0 aromatic carbocycles. The number of carbonyl (C=O) groups is 2. The van der Waals surface area contributed by atoms with E-state index in [-0.39, 0.29) is 18.8 Å². The summed E-state index contributed by atoms with van der Waals surface area (Å²) in [6.45, 7) is 2.64. The summed E-state index contributed by atoms with van der Waals surface area (Å²) in [6.07, 6.45) is 10.2. The van der Waals surface area contributed by atoms with Gasteiger partial charge in [-0.1, -0.05) is 44.8 Å². The van der Waals surface area contributed by atoms with Gasteiger partial charge in [0.05, 0.1) is 27.6 Å². The van der Waals surface area contributed by atoms with E-state index >= 15 is 0 Å². The third-order valence-electron chi connectivity index (χ3n) is 3.37. The minimum atomic E-state index is -1.20. The molecule has 0 aliphatic rings. The van der Waals surface area contributed by atoms with Gasteiger partial charge in [-0.05, 0) is 12.8 Å². The number of hydrogen-bond donors (Lipinski definition) is 0. The van der Waals surface area contributed by atoms with E-state index in [1.54, 1.807) is 0 Å². The molecule has 0 aromatic heterocycles. The SMILES string of the molecule is CCCCCCC/C=C/CC(=O)OC(CC(=O)[O-])C[N+](C)(C)C. The molecule has 0 spiro atoms. The Labute approximate surface area is 140 Å². The Morgan fingerprint density at radius 3 is 2.30 bits per heavy atom. The summed E-state index contributed by atoms with van der Waals surface area (Å²) in [5.74, 6) is -1.58. The Hall–Kier alpha value is -1.36. The number of quaternary nitrogens is 1. The summed E-state index contributed by atoms with van der Waals surface area (Å²) in [5, 5.41) is 10.8. The number of rotatable bonds is 13. The monoisotopic (exact) mass is 327 g/mol. The van der Waals surface area contributed by atoms with Crippen molar-refractivity contribution in [3.05, 3.63) is 12.2 Å². The fourth-order valence-electron chi connectivity index (χ4n) is 2.34. The molecule has 5 heteroatoms. The first-order valence-electron chi connectivity index (χ1n) is 8.59. The quantitative estimate of drug-likeness (QED) is 0.225. The van der Waals surface area contributed by atoms with Crippen LogP contribution in [-0.4, -0.2) is 50.2 Å². The summed E-state index contributed by atoms with van der Waals surface area (Å²) >= 11 is 0. The zero-order valence-corrected chi connectivity index (χ0v) is 15.2. The Balaban J connectivity index is 4.04. The molecule has 5 nitrogen and oxygen atoms in total. The maximum atomic E-state index is 11.8. The third-order valence-corrected chi connectivity index (χ3v) is 3.37. The highest BCUT2D eigenvalue weighted by Gasteiger charge is 2.21. The first kappa shape index (κ1) is 21.6. The van der Waals surface area contributed by atoms with Gasteiger partial charge >= 0.3 is 5.97 Å². The van der Waals surface area contributed by atoms with Crippen LogP contribution in [0.25, 0.3) is 0 Å². The van der Waals surface area contributed by atoms with Crippen LogP contribution in [0, 0.1) is 0 Å². The van der Waals surface area contributed by atoms with Crippen molar-refractivity contribution in [1.29, 1.82) is 0 Å². The molecular formula is C18H33NO4. The molecule has 0 rings (SSSR count). The minimum Gasteiger partial charge on any atom is -0.550 e. The smallest absolute Gasteiger partial charge is 0.310 e. The van der Waals surface area contributed by atoms with E-state index in [0.29, 0.717) is 11.0 Å². The van der Waals surface area contributed by atoms with Gasteiger partial charge in [0.15, 0.2) is 6.10 Å². The highest BCUT2D eigenvalue weighted by Crippen LogP contribution is 2.08. The number of carbonyl (C=O) groups excluding carboxylic acids is 2. The standard InChI is InChI=1S/C18H33NO4/c1-5-6-7-8-9-10-11-12-13-18(22)23-16(14-17(20)21)15-19(2,3)4/h11-12,16H,5-10,13-15H2,1-4H3/b12-11+. The van der Waals surface area contributed by atoms with Crippen LogP contribution in [0.15, 0.2) is 12.2 Å². The molecule has 0 saturated heterocycles. The van der Waals surface area contributed by atoms with Crippen LogP contribution < -0.4 is 5.11 Å². The van der Waals surface area contributed by atoms with Crippen molar-refractivity contribution >= 4 is 11.9 Å². The molecule has 0 saturated carbocycles. The molecule has 0 heterocycles. The molecule has 134 valence electrons. The lowest BCUT2D eigenvalue weighted by Gasteiger charge is -2.29. The van der Waals surface area contributed by atoms with Gasteiger partial charge in [-0.2, -0.15) is 0 Å². The largest absolute Gasteiger partial charge is 0.550 e. The first-order valence-corrected chi connectivity index (χ1v) is 8.59. The summed E-state index contributed by atoms with van der Waals surface area (Å²) < 4.78 is 5.80. The zero-order valence-electron chi connectivity index (χ0n) is 15.2. The third kappa shape index (κ3) is 15.3. The molecular weight excluding hydrogens is 294 g/mol. The van der Waals surface area contributed by atoms with Gasteiger partial charge in [-0.3, -0.25) is 4.79 Å². The number of allylic oxidation sites excluding steroid dienone is 1. The Morgan fingerprint density at radius 1 is 1.09 bits per heavy atom. The van der Waals surface area contributed by atoms with Gasteiger partial charge in [0.2, 0.25) is 0 Å². The molecule has 0 aromatic rings. The van der Waals surface area contributed by atoms with Crippen molar-refractivity contribution in [1.82, 2.24) is 0 Å². The van der Waals surface area contributed by atoms with Crippen LogP contribution in [-0.2, 0) is 14.3 Å². The Bertz CT molecular complexity index is 372. The molecule has 0 fully saturated rings. The van der Waals surface area contributed by atoms with Gasteiger partial charge in [0.25, 0.3) is 0 Å². The summed E-state index contributed by atoms with van der Waals surface area (Å²) in [5.41, 5.74) is 0. The second kappa shape index (κ2) is 12.1. The van der Waals surface area contributed by atoms with Gasteiger partial charge in [-0.15, -0.1) is 0 Å². The number of unbranched alkanes of at least 4 members (excludes halogenated alkanes) is 5. The van der Waals surface area contributed by atoms with Gasteiger partial charge in [-0.25, -0.2) is 0 Å². The lowest BCUT2D eigenvalue weighted by Crippen LogP contribution is -2.45. The van der Waals surface area contributed by atoms with Crippen molar-refractivity contribution in [3.63, 3.8) is 0 Å². The Kier molecular flexibility index (Phi) is 11.4. The number of ether oxygens (including phenoxy) is 1. The van der Waals surface area contributed by atoms with E-state index < -0.39 is 12.1 Å². The van der Waals surface area contributed by atoms with E-state index in [2.05, 4.69) is 6.92 Å². The van der Waals surface area contributed by atoms with E-state index in [9.17, 15) is 14.7 Å². The molecule has 0 amide bonds. The topological polar surface area (TPSA) is 66.4 Å². The molecule has 0 N–H and O–H groups in total. The molecule has 1 unspecified atom stereocenters. The fraction of sp³-hybridized carbons (Fsp3) is 0.778. The predicted octanol–water partition coefficient (Wildman–Crippen LogP) is 2.05. The normalized spacial score (nSPS) is 13.2. The van der Waals surface area contributed by atoms with Gasteiger partial charge < -0.3 is 19.1 Å². The maximum absolute atomic E-state index is 11.8. The van der Waals surface area contributed by atoms with Gasteiger partial charge in [0, 0.05) is 12.4 Å². The number of hydrogen-bond acceptors (Lipinski definition) is 4. The summed E-state index contributed by atoms with van der Waals surface area (Å²) in [4.78, 5) is 22.6. The molecule has 0 aliphatic heterocycles. The van der Waals surface area contributed by atoms with Crippen LogP contribution in [0.5, 0.6) is 0 Å². The summed E-state index contributed by atoms with van der Waals surface area (Å²) in [6, 6.07) is 0. The van der Waals surface area contributed by atoms with Crippen LogP contribution in [0.1, 0.15) is 58.3 Å². The van der Waals surface area contributed by atoms with Crippen molar-refractivity contribution in [2.45, 2.75) is 64.4 Å². The minimum absolute atomic E-state index is 0.190. The van der Waals surface area contributed by atoms with E-state index in [1.807, 2.05) is 33.3 Å². The second-order valence-corrected chi connectivity index (χ2v) is 7.04.